The largest absolute Gasteiger partial charge is 0.435 e. The molecule has 2 aromatic carbocycles. The Kier molecular flexibility index (Phi) is 10.2. The van der Waals surface area contributed by atoms with Gasteiger partial charge in [-0.2, -0.15) is 8.78 Å². The number of nitrogens with one attached hydrogen (secondary N) is 1. The zero-order valence-corrected chi connectivity index (χ0v) is 18.2. The van der Waals surface area contributed by atoms with Crippen molar-refractivity contribution in [2.24, 2.45) is 10.7 Å². The fourth-order valence-corrected chi connectivity index (χ4v) is 2.76. The molecule has 2 rings (SSSR count). The molecule has 0 aliphatic rings. The number of ether oxygens (including phenoxy) is 1. The number of nitrogens with two attached hydrogens (primary N) is 1. The minimum atomic E-state index is -2.92. The fourth-order valence-electron chi connectivity index (χ4n) is 2.76. The Balaban J connectivity index is 0.00000392. The molecule has 0 spiro atoms. The number of aliphatic hydroxyl groups excluding tert-OH is 1. The van der Waals surface area contributed by atoms with Gasteiger partial charge < -0.3 is 20.9 Å². The molecule has 5 nitrogen and oxygen atoms in total. The van der Waals surface area contributed by atoms with E-state index in [0.717, 1.165) is 29.7 Å². The predicted octanol–water partition coefficient (Wildman–Crippen LogP) is 4.49. The Morgan fingerprint density at radius 3 is 2.32 bits per heavy atom. The van der Waals surface area contributed by atoms with Crippen LogP contribution in [-0.2, 0) is 12.8 Å². The first-order valence-corrected chi connectivity index (χ1v) is 8.85. The number of anilines is 1. The highest BCUT2D eigenvalue weighted by atomic mass is 127. The van der Waals surface area contributed by atoms with Crippen molar-refractivity contribution in [3.8, 4) is 5.75 Å². The molecule has 0 fully saturated rings. The smallest absolute Gasteiger partial charge is 0.387 e. The van der Waals surface area contributed by atoms with Crippen molar-refractivity contribution in [2.45, 2.75) is 39.4 Å². The van der Waals surface area contributed by atoms with Gasteiger partial charge in [0.25, 0.3) is 0 Å². The number of halogens is 3. The molecule has 0 saturated heterocycles. The van der Waals surface area contributed by atoms with Gasteiger partial charge in [-0.15, -0.1) is 24.0 Å². The topological polar surface area (TPSA) is 79.9 Å². The van der Waals surface area contributed by atoms with E-state index < -0.39 is 12.7 Å². The number of aryl methyl sites for hydroxylation is 2. The zero-order valence-electron chi connectivity index (χ0n) is 15.9. The van der Waals surface area contributed by atoms with Gasteiger partial charge in [-0.25, -0.2) is 0 Å². The third-order valence-electron chi connectivity index (χ3n) is 4.15. The van der Waals surface area contributed by atoms with Gasteiger partial charge >= 0.3 is 6.61 Å². The molecule has 0 aromatic heterocycles. The Morgan fingerprint density at radius 1 is 1.14 bits per heavy atom. The highest BCUT2D eigenvalue weighted by molar-refractivity contribution is 14.0. The molecule has 28 heavy (non-hydrogen) atoms. The van der Waals surface area contributed by atoms with Gasteiger partial charge in [0.1, 0.15) is 5.75 Å². The van der Waals surface area contributed by atoms with E-state index in [4.69, 9.17) is 5.73 Å². The molecule has 0 bridgehead atoms. The fraction of sp³-hybridized carbons (Fsp3) is 0.350. The van der Waals surface area contributed by atoms with Crippen molar-refractivity contribution in [2.75, 3.05) is 11.9 Å². The van der Waals surface area contributed by atoms with E-state index in [1.54, 1.807) is 6.07 Å². The van der Waals surface area contributed by atoms with Crippen LogP contribution in [0.4, 0.5) is 14.5 Å². The maximum atomic E-state index is 12.3. The summed E-state index contributed by atoms with van der Waals surface area (Å²) in [6.45, 7) is 1.20. The van der Waals surface area contributed by atoms with Crippen molar-refractivity contribution in [1.29, 1.82) is 0 Å². The highest BCUT2D eigenvalue weighted by Gasteiger charge is 2.11. The molecule has 0 aliphatic heterocycles. The van der Waals surface area contributed by atoms with Crippen LogP contribution in [0, 0.1) is 0 Å². The van der Waals surface area contributed by atoms with Crippen molar-refractivity contribution in [3.05, 3.63) is 59.2 Å². The van der Waals surface area contributed by atoms with Crippen molar-refractivity contribution in [3.63, 3.8) is 0 Å². The minimum absolute atomic E-state index is 0. The number of alkyl halides is 2. The molecule has 0 radical (unpaired) electrons. The van der Waals surface area contributed by atoms with E-state index in [0.29, 0.717) is 5.56 Å². The molecule has 4 N–H and O–H groups in total. The molecule has 154 valence electrons. The summed E-state index contributed by atoms with van der Waals surface area (Å²) in [5, 5.41) is 13.4. The Labute approximate surface area is 181 Å². The van der Waals surface area contributed by atoms with Crippen LogP contribution in [0.2, 0.25) is 0 Å². The monoisotopic (exact) mass is 505 g/mol. The standard InChI is InChI=1S/C20H25F2N3O2.HI/c1-3-13-7-5-8-14(4-2)18(13)25-20(23)24-12-17(26)15-9-6-10-16(11-15)27-19(21)22;/h5-11,17,19,26H,3-4,12H2,1-2H3,(H3,23,24,25);1H. The first-order valence-electron chi connectivity index (χ1n) is 8.85. The normalized spacial score (nSPS) is 12.4. The van der Waals surface area contributed by atoms with Crippen LogP contribution in [0.1, 0.15) is 36.6 Å². The third kappa shape index (κ3) is 6.90. The molecule has 0 amide bonds. The van der Waals surface area contributed by atoms with Gasteiger partial charge in [0, 0.05) is 5.69 Å². The summed E-state index contributed by atoms with van der Waals surface area (Å²) in [4.78, 5) is 4.18. The number of aliphatic imine (C=N–C) groups is 1. The highest BCUT2D eigenvalue weighted by Crippen LogP contribution is 2.23. The van der Waals surface area contributed by atoms with Gasteiger partial charge in [0.05, 0.1) is 12.6 Å². The zero-order chi connectivity index (χ0) is 19.8. The van der Waals surface area contributed by atoms with Crippen LogP contribution in [0.5, 0.6) is 5.75 Å². The summed E-state index contributed by atoms with van der Waals surface area (Å²) in [7, 11) is 0. The van der Waals surface area contributed by atoms with E-state index in [-0.39, 0.29) is 42.2 Å². The number of hydrogen-bond donors (Lipinski definition) is 3. The third-order valence-corrected chi connectivity index (χ3v) is 4.15. The lowest BCUT2D eigenvalue weighted by Crippen LogP contribution is -2.25. The Bertz CT molecular complexity index is 766. The molecule has 1 unspecified atom stereocenters. The average Bonchev–Trinajstić information content (AvgIpc) is 2.66. The van der Waals surface area contributed by atoms with Crippen LogP contribution in [0.15, 0.2) is 47.5 Å². The first-order chi connectivity index (χ1) is 12.9. The first kappa shape index (κ1) is 24.1. The maximum absolute atomic E-state index is 12.3. The molecule has 0 heterocycles. The Hall–Kier alpha value is -1.94. The summed E-state index contributed by atoms with van der Waals surface area (Å²) >= 11 is 0. The van der Waals surface area contributed by atoms with Crippen molar-refractivity contribution < 1.29 is 18.6 Å². The second-order valence-electron chi connectivity index (χ2n) is 5.98. The van der Waals surface area contributed by atoms with Crippen LogP contribution in [0.3, 0.4) is 0 Å². The number of aliphatic hydroxyl groups is 1. The number of para-hydroxylation sites is 1. The predicted molar refractivity (Wildman–Crippen MR) is 119 cm³/mol. The number of hydrogen-bond acceptors (Lipinski definition) is 3. The quantitative estimate of drug-likeness (QED) is 0.281. The molecule has 0 aliphatic carbocycles. The Morgan fingerprint density at radius 2 is 1.75 bits per heavy atom. The van der Waals surface area contributed by atoms with Gasteiger partial charge in [-0.1, -0.05) is 44.2 Å². The molecular formula is C20H26F2IN3O2. The van der Waals surface area contributed by atoms with Crippen molar-refractivity contribution in [1.82, 2.24) is 0 Å². The number of benzene rings is 2. The van der Waals surface area contributed by atoms with E-state index in [2.05, 4.69) is 28.9 Å². The van der Waals surface area contributed by atoms with Crippen LogP contribution in [-0.4, -0.2) is 24.2 Å². The van der Waals surface area contributed by atoms with Gasteiger partial charge in [-0.05, 0) is 41.7 Å². The maximum Gasteiger partial charge on any atom is 0.387 e. The second-order valence-corrected chi connectivity index (χ2v) is 5.98. The lowest BCUT2D eigenvalue weighted by Gasteiger charge is -2.15. The summed E-state index contributed by atoms with van der Waals surface area (Å²) in [5.74, 6) is 0.172. The summed E-state index contributed by atoms with van der Waals surface area (Å²) in [6, 6.07) is 12.0. The molecule has 8 heteroatoms. The number of nitrogens with zero attached hydrogens (tertiary/aromatic N) is 1. The van der Waals surface area contributed by atoms with Crippen LogP contribution >= 0.6 is 24.0 Å². The number of guanidine groups is 1. The van der Waals surface area contributed by atoms with E-state index in [9.17, 15) is 13.9 Å². The summed E-state index contributed by atoms with van der Waals surface area (Å²) in [6.07, 6.45) is 0.713. The van der Waals surface area contributed by atoms with E-state index in [1.807, 2.05) is 18.2 Å². The lowest BCUT2D eigenvalue weighted by atomic mass is 10.0. The second kappa shape index (κ2) is 11.8. The van der Waals surface area contributed by atoms with Crippen molar-refractivity contribution >= 4 is 35.6 Å². The molecule has 1 atom stereocenters. The molecule has 0 saturated carbocycles. The number of rotatable bonds is 8. The van der Waals surface area contributed by atoms with Crippen LogP contribution in [0.25, 0.3) is 0 Å². The minimum Gasteiger partial charge on any atom is -0.435 e. The van der Waals surface area contributed by atoms with E-state index in [1.165, 1.54) is 18.2 Å². The molecular weight excluding hydrogens is 479 g/mol. The summed E-state index contributed by atoms with van der Waals surface area (Å²) < 4.78 is 29.0. The van der Waals surface area contributed by atoms with Gasteiger partial charge in [0.2, 0.25) is 0 Å². The lowest BCUT2D eigenvalue weighted by molar-refractivity contribution is -0.0499. The molecule has 2 aromatic rings. The summed E-state index contributed by atoms with van der Waals surface area (Å²) in [5.41, 5.74) is 9.60. The SMILES string of the molecule is CCc1cccc(CC)c1NC(N)=NCC(O)c1cccc(OC(F)F)c1.I. The average molecular weight is 505 g/mol. The van der Waals surface area contributed by atoms with Crippen LogP contribution < -0.4 is 15.8 Å². The van der Waals surface area contributed by atoms with E-state index >= 15 is 0 Å². The van der Waals surface area contributed by atoms with Gasteiger partial charge in [0.15, 0.2) is 5.96 Å². The van der Waals surface area contributed by atoms with Gasteiger partial charge in [-0.3, -0.25) is 4.99 Å².